The molecule has 0 fully saturated rings. The van der Waals surface area contributed by atoms with Gasteiger partial charge in [0.25, 0.3) is 0 Å². The van der Waals surface area contributed by atoms with E-state index in [-0.39, 0.29) is 0 Å². The maximum absolute atomic E-state index is 3.89. The molecule has 2 aromatic carbocycles. The molecular formula is C21H23N. The molecule has 0 radical (unpaired) electrons. The number of hydrogen-bond donors (Lipinski definition) is 1. The second kappa shape index (κ2) is 5.31. The van der Waals surface area contributed by atoms with Gasteiger partial charge in [0.15, 0.2) is 0 Å². The lowest BCUT2D eigenvalue weighted by Gasteiger charge is -2.39. The van der Waals surface area contributed by atoms with E-state index < -0.39 is 0 Å². The van der Waals surface area contributed by atoms with E-state index in [1.165, 1.54) is 28.8 Å². The van der Waals surface area contributed by atoms with Crippen molar-refractivity contribution in [1.29, 1.82) is 0 Å². The second-order valence-electron chi connectivity index (χ2n) is 6.85. The van der Waals surface area contributed by atoms with Crippen molar-refractivity contribution in [3.63, 3.8) is 0 Å². The summed E-state index contributed by atoms with van der Waals surface area (Å²) in [5, 5.41) is 3.89. The highest BCUT2D eigenvalue weighted by atomic mass is 15.0. The SMILES string of the molecule is CC(C)c1cccc2c1N[C@H](c1ccccc1)[C@H]1CC=C[C@@H]21. The lowest BCUT2D eigenvalue weighted by molar-refractivity contribution is 0.424. The molecule has 22 heavy (non-hydrogen) atoms. The Morgan fingerprint density at radius 3 is 2.59 bits per heavy atom. The molecule has 112 valence electrons. The molecule has 0 bridgehead atoms. The third-order valence-electron chi connectivity index (χ3n) is 5.21. The largest absolute Gasteiger partial charge is 0.377 e. The van der Waals surface area contributed by atoms with Crippen LogP contribution in [0, 0.1) is 5.92 Å². The number of nitrogens with one attached hydrogen (secondary N) is 1. The van der Waals surface area contributed by atoms with E-state index in [9.17, 15) is 0 Å². The maximum Gasteiger partial charge on any atom is 0.0554 e. The van der Waals surface area contributed by atoms with Crippen molar-refractivity contribution in [1.82, 2.24) is 0 Å². The van der Waals surface area contributed by atoms with E-state index in [0.717, 1.165) is 0 Å². The Kier molecular flexibility index (Phi) is 3.29. The van der Waals surface area contributed by atoms with Crippen molar-refractivity contribution in [3.05, 3.63) is 77.4 Å². The van der Waals surface area contributed by atoms with Crippen LogP contribution < -0.4 is 5.32 Å². The minimum atomic E-state index is 0.411. The first-order valence-electron chi connectivity index (χ1n) is 8.36. The summed E-state index contributed by atoms with van der Waals surface area (Å²) in [4.78, 5) is 0. The van der Waals surface area contributed by atoms with E-state index in [2.05, 4.69) is 79.8 Å². The summed E-state index contributed by atoms with van der Waals surface area (Å²) < 4.78 is 0. The Hall–Kier alpha value is -2.02. The Labute approximate surface area is 133 Å². The first-order valence-corrected chi connectivity index (χ1v) is 8.36. The number of anilines is 1. The third kappa shape index (κ3) is 2.08. The van der Waals surface area contributed by atoms with Crippen molar-refractivity contribution in [3.8, 4) is 0 Å². The van der Waals surface area contributed by atoms with Gasteiger partial charge in [-0.2, -0.15) is 0 Å². The molecule has 4 rings (SSSR count). The van der Waals surface area contributed by atoms with Crippen molar-refractivity contribution in [2.45, 2.75) is 38.1 Å². The number of fused-ring (bicyclic) bond motifs is 3. The second-order valence-corrected chi connectivity index (χ2v) is 6.85. The molecule has 0 spiro atoms. The molecule has 0 amide bonds. The molecule has 1 aliphatic carbocycles. The average Bonchev–Trinajstić information content (AvgIpc) is 3.04. The predicted octanol–water partition coefficient (Wildman–Crippen LogP) is 5.64. The van der Waals surface area contributed by atoms with Gasteiger partial charge in [-0.25, -0.2) is 0 Å². The number of benzene rings is 2. The number of hydrogen-bond acceptors (Lipinski definition) is 1. The van der Waals surface area contributed by atoms with E-state index in [0.29, 0.717) is 23.8 Å². The minimum absolute atomic E-state index is 0.411. The summed E-state index contributed by atoms with van der Waals surface area (Å²) in [5.41, 5.74) is 5.71. The van der Waals surface area contributed by atoms with Crippen molar-refractivity contribution in [2.24, 2.45) is 5.92 Å². The van der Waals surface area contributed by atoms with Gasteiger partial charge in [0, 0.05) is 11.6 Å². The zero-order chi connectivity index (χ0) is 15.1. The van der Waals surface area contributed by atoms with E-state index >= 15 is 0 Å². The molecule has 1 heterocycles. The van der Waals surface area contributed by atoms with Gasteiger partial charge in [-0.3, -0.25) is 0 Å². The van der Waals surface area contributed by atoms with Crippen LogP contribution in [0.15, 0.2) is 60.7 Å². The molecule has 1 heteroatoms. The fourth-order valence-electron chi connectivity index (χ4n) is 4.12. The monoisotopic (exact) mass is 289 g/mol. The Bertz CT molecular complexity index is 699. The quantitative estimate of drug-likeness (QED) is 0.706. The van der Waals surface area contributed by atoms with Crippen LogP contribution in [0.4, 0.5) is 5.69 Å². The topological polar surface area (TPSA) is 12.0 Å². The predicted molar refractivity (Wildman–Crippen MR) is 93.3 cm³/mol. The van der Waals surface area contributed by atoms with E-state index in [4.69, 9.17) is 0 Å². The lowest BCUT2D eigenvalue weighted by Crippen LogP contribution is -2.29. The molecule has 3 atom stereocenters. The van der Waals surface area contributed by atoms with Crippen LogP contribution in [0.5, 0.6) is 0 Å². The van der Waals surface area contributed by atoms with Gasteiger partial charge in [-0.05, 0) is 34.9 Å². The van der Waals surface area contributed by atoms with Crippen LogP contribution >= 0.6 is 0 Å². The Morgan fingerprint density at radius 1 is 1.00 bits per heavy atom. The summed E-state index contributed by atoms with van der Waals surface area (Å²) in [6, 6.07) is 18.1. The normalized spacial score (nSPS) is 25.7. The summed E-state index contributed by atoms with van der Waals surface area (Å²) >= 11 is 0. The summed E-state index contributed by atoms with van der Waals surface area (Å²) in [7, 11) is 0. The highest BCUT2D eigenvalue weighted by molar-refractivity contribution is 5.65. The molecule has 0 unspecified atom stereocenters. The van der Waals surface area contributed by atoms with Crippen LogP contribution in [-0.4, -0.2) is 0 Å². The highest BCUT2D eigenvalue weighted by Gasteiger charge is 2.38. The summed E-state index contributed by atoms with van der Waals surface area (Å²) in [5.74, 6) is 1.73. The van der Waals surface area contributed by atoms with Gasteiger partial charge in [0.1, 0.15) is 0 Å². The minimum Gasteiger partial charge on any atom is -0.377 e. The van der Waals surface area contributed by atoms with Gasteiger partial charge in [0.2, 0.25) is 0 Å². The summed E-state index contributed by atoms with van der Waals surface area (Å²) in [6.07, 6.45) is 5.96. The molecular weight excluding hydrogens is 266 g/mol. The highest BCUT2D eigenvalue weighted by Crippen LogP contribution is 2.51. The third-order valence-corrected chi connectivity index (χ3v) is 5.21. The molecule has 1 nitrogen and oxygen atoms in total. The number of allylic oxidation sites excluding steroid dienone is 2. The molecule has 2 aromatic rings. The standard InChI is InChI=1S/C21H23N/c1-14(2)16-10-6-13-19-17-11-7-12-18(17)20(22-21(16)19)15-8-4-3-5-9-15/h3-11,13-14,17-18,20,22H,12H2,1-2H3/t17-,18+,20-/m1/s1. The van der Waals surface area contributed by atoms with Crippen LogP contribution in [0.3, 0.4) is 0 Å². The van der Waals surface area contributed by atoms with Gasteiger partial charge >= 0.3 is 0 Å². The first-order chi connectivity index (χ1) is 10.8. The van der Waals surface area contributed by atoms with E-state index in [1.54, 1.807) is 0 Å². The summed E-state index contributed by atoms with van der Waals surface area (Å²) in [6.45, 7) is 4.57. The average molecular weight is 289 g/mol. The zero-order valence-electron chi connectivity index (χ0n) is 13.3. The molecule has 2 aliphatic rings. The Morgan fingerprint density at radius 2 is 1.82 bits per heavy atom. The molecule has 1 aliphatic heterocycles. The number of rotatable bonds is 2. The van der Waals surface area contributed by atoms with Crippen LogP contribution in [-0.2, 0) is 0 Å². The fourth-order valence-corrected chi connectivity index (χ4v) is 4.12. The molecule has 0 saturated heterocycles. The molecule has 0 aromatic heterocycles. The molecule has 1 N–H and O–H groups in total. The van der Waals surface area contributed by atoms with Crippen molar-refractivity contribution in [2.75, 3.05) is 5.32 Å². The van der Waals surface area contributed by atoms with Gasteiger partial charge < -0.3 is 5.32 Å². The maximum atomic E-state index is 3.89. The smallest absolute Gasteiger partial charge is 0.0554 e. The van der Waals surface area contributed by atoms with Crippen LogP contribution in [0.1, 0.15) is 54.8 Å². The van der Waals surface area contributed by atoms with Crippen LogP contribution in [0.2, 0.25) is 0 Å². The van der Waals surface area contributed by atoms with Gasteiger partial charge in [0.05, 0.1) is 6.04 Å². The zero-order valence-corrected chi connectivity index (χ0v) is 13.3. The van der Waals surface area contributed by atoms with Crippen molar-refractivity contribution >= 4 is 5.69 Å². The number of para-hydroxylation sites is 1. The Balaban J connectivity index is 1.84. The van der Waals surface area contributed by atoms with Gasteiger partial charge in [-0.15, -0.1) is 0 Å². The first kappa shape index (κ1) is 13.6. The lowest BCUT2D eigenvalue weighted by atomic mass is 9.75. The van der Waals surface area contributed by atoms with E-state index in [1.807, 2.05) is 0 Å². The van der Waals surface area contributed by atoms with Crippen LogP contribution in [0.25, 0.3) is 0 Å². The van der Waals surface area contributed by atoms with Gasteiger partial charge in [-0.1, -0.05) is 74.5 Å². The molecule has 0 saturated carbocycles. The fraction of sp³-hybridized carbons (Fsp3) is 0.333. The van der Waals surface area contributed by atoms with Crippen molar-refractivity contribution < 1.29 is 0 Å².